The molecule has 2 heterocycles. The van der Waals surface area contributed by atoms with Crippen LogP contribution in [0.1, 0.15) is 12.5 Å². The Balaban J connectivity index is 2.16. The molecular weight excluding hydrogens is 207 g/mol. The summed E-state index contributed by atoms with van der Waals surface area (Å²) in [6.45, 7) is 1.85. The van der Waals surface area contributed by atoms with Crippen molar-refractivity contribution in [1.82, 2.24) is 10.3 Å². The summed E-state index contributed by atoms with van der Waals surface area (Å²) in [5, 5.41) is 2.63. The molecule has 0 fully saturated rings. The summed E-state index contributed by atoms with van der Waals surface area (Å²) >= 11 is 0. The van der Waals surface area contributed by atoms with Gasteiger partial charge < -0.3 is 5.32 Å². The lowest BCUT2D eigenvalue weighted by Crippen LogP contribution is -2.34. The van der Waals surface area contributed by atoms with Crippen molar-refractivity contribution in [1.29, 1.82) is 0 Å². The Morgan fingerprint density at radius 2 is 2.38 bits per heavy atom. The monoisotopic (exact) mass is 220 g/mol. The predicted molar refractivity (Wildman–Crippen MR) is 57.8 cm³/mol. The molecule has 0 saturated heterocycles. The van der Waals surface area contributed by atoms with Crippen LogP contribution in [0.25, 0.3) is 0 Å². The number of pyridine rings is 1. The third-order valence-electron chi connectivity index (χ3n) is 2.92. The Hall–Kier alpha value is -1.71. The van der Waals surface area contributed by atoms with Gasteiger partial charge in [-0.3, -0.25) is 4.79 Å². The smallest absolute Gasteiger partial charge is 0.227 e. The van der Waals surface area contributed by atoms with Gasteiger partial charge in [-0.15, -0.1) is 0 Å². The number of hydrogen-bond acceptors (Lipinski definition) is 2. The first-order chi connectivity index (χ1) is 7.68. The highest BCUT2D eigenvalue weighted by atomic mass is 19.1. The van der Waals surface area contributed by atoms with E-state index in [4.69, 9.17) is 0 Å². The maximum absolute atomic E-state index is 13.3. The maximum Gasteiger partial charge on any atom is 0.227 e. The summed E-state index contributed by atoms with van der Waals surface area (Å²) < 4.78 is 13.3. The maximum atomic E-state index is 13.3. The minimum Gasteiger partial charge on any atom is -0.333 e. The zero-order valence-corrected chi connectivity index (χ0v) is 8.98. The average Bonchev–Trinajstić information content (AvgIpc) is 2.28. The summed E-state index contributed by atoms with van der Waals surface area (Å²) in [6, 6.07) is 3.41. The summed E-state index contributed by atoms with van der Waals surface area (Å²) in [5.74, 6) is -0.567. The van der Waals surface area contributed by atoms with E-state index in [1.807, 2.05) is 13.0 Å². The van der Waals surface area contributed by atoms with Crippen LogP contribution in [-0.4, -0.2) is 10.9 Å². The molecule has 0 spiro atoms. The van der Waals surface area contributed by atoms with Gasteiger partial charge in [0.05, 0.1) is 0 Å². The lowest BCUT2D eigenvalue weighted by atomic mass is 9.86. The second kappa shape index (κ2) is 4.43. The molecule has 84 valence electrons. The number of carbonyl (C=O) groups is 1. The number of allylic oxidation sites excluding steroid dienone is 1. The van der Waals surface area contributed by atoms with Gasteiger partial charge in [0.2, 0.25) is 11.9 Å². The van der Waals surface area contributed by atoms with Crippen LogP contribution < -0.4 is 5.32 Å². The van der Waals surface area contributed by atoms with E-state index in [9.17, 15) is 9.18 Å². The molecule has 0 saturated carbocycles. The first-order valence-corrected chi connectivity index (χ1v) is 5.25. The lowest BCUT2D eigenvalue weighted by Gasteiger charge is -2.23. The molecule has 3 nitrogen and oxygen atoms in total. The van der Waals surface area contributed by atoms with Crippen molar-refractivity contribution in [2.24, 2.45) is 11.8 Å². The van der Waals surface area contributed by atoms with Gasteiger partial charge in [-0.25, -0.2) is 4.98 Å². The van der Waals surface area contributed by atoms with Crippen LogP contribution in [0, 0.1) is 17.8 Å². The minimum atomic E-state index is -0.450. The second-order valence-electron chi connectivity index (χ2n) is 3.98. The Morgan fingerprint density at radius 3 is 3.12 bits per heavy atom. The quantitative estimate of drug-likeness (QED) is 0.770. The Labute approximate surface area is 93.4 Å². The van der Waals surface area contributed by atoms with Crippen molar-refractivity contribution in [3.8, 4) is 0 Å². The van der Waals surface area contributed by atoms with Gasteiger partial charge in [-0.05, 0) is 18.4 Å². The Morgan fingerprint density at radius 1 is 1.56 bits per heavy atom. The molecule has 0 bridgehead atoms. The average molecular weight is 220 g/mol. The normalized spacial score (nSPS) is 24.2. The number of amides is 1. The largest absolute Gasteiger partial charge is 0.333 e. The standard InChI is InChI=1S/C12H13FN2O/c1-8-9(4-6-15-12(8)16)7-10-3-2-5-14-11(10)13/h2-6,8-9H,7H2,1H3,(H,15,16)/t8-,9-/m1/s1. The van der Waals surface area contributed by atoms with Crippen LogP contribution in [0.2, 0.25) is 0 Å². The van der Waals surface area contributed by atoms with Crippen LogP contribution in [0.15, 0.2) is 30.6 Å². The van der Waals surface area contributed by atoms with Gasteiger partial charge in [0.15, 0.2) is 0 Å². The highest BCUT2D eigenvalue weighted by Crippen LogP contribution is 2.22. The van der Waals surface area contributed by atoms with Crippen LogP contribution in [0.5, 0.6) is 0 Å². The molecule has 0 aromatic carbocycles. The van der Waals surface area contributed by atoms with E-state index in [-0.39, 0.29) is 17.7 Å². The summed E-state index contributed by atoms with van der Waals surface area (Å²) in [7, 11) is 0. The molecule has 4 heteroatoms. The van der Waals surface area contributed by atoms with E-state index in [0.29, 0.717) is 12.0 Å². The van der Waals surface area contributed by atoms with Crippen LogP contribution in [0.4, 0.5) is 4.39 Å². The molecule has 1 aromatic rings. The number of rotatable bonds is 2. The summed E-state index contributed by atoms with van der Waals surface area (Å²) in [4.78, 5) is 15.0. The van der Waals surface area contributed by atoms with Crippen molar-refractivity contribution in [3.63, 3.8) is 0 Å². The minimum absolute atomic E-state index is 0.0169. The Bertz CT molecular complexity index is 431. The van der Waals surface area contributed by atoms with Gasteiger partial charge in [-0.2, -0.15) is 4.39 Å². The van der Waals surface area contributed by atoms with Crippen LogP contribution in [-0.2, 0) is 11.2 Å². The molecule has 2 atom stereocenters. The number of hydrogen-bond donors (Lipinski definition) is 1. The third kappa shape index (κ3) is 2.10. The van der Waals surface area contributed by atoms with E-state index >= 15 is 0 Å². The third-order valence-corrected chi connectivity index (χ3v) is 2.92. The van der Waals surface area contributed by atoms with Gasteiger partial charge in [0.25, 0.3) is 0 Å². The first kappa shape index (κ1) is 10.8. The SMILES string of the molecule is C[C@H]1C(=O)NC=C[C@@H]1Cc1cccnc1F. The van der Waals surface area contributed by atoms with Crippen LogP contribution >= 0.6 is 0 Å². The molecule has 1 N–H and O–H groups in total. The van der Waals surface area contributed by atoms with E-state index in [2.05, 4.69) is 10.3 Å². The zero-order valence-electron chi connectivity index (χ0n) is 8.98. The number of nitrogens with zero attached hydrogens (tertiary/aromatic N) is 1. The van der Waals surface area contributed by atoms with Gasteiger partial charge in [0.1, 0.15) is 0 Å². The fraction of sp³-hybridized carbons (Fsp3) is 0.333. The number of halogens is 1. The summed E-state index contributed by atoms with van der Waals surface area (Å²) in [5.41, 5.74) is 0.554. The number of carbonyl (C=O) groups excluding carboxylic acids is 1. The Kier molecular flexibility index (Phi) is 2.99. The molecule has 0 radical (unpaired) electrons. The zero-order chi connectivity index (χ0) is 11.5. The number of aromatic nitrogens is 1. The molecule has 16 heavy (non-hydrogen) atoms. The van der Waals surface area contributed by atoms with Gasteiger partial charge >= 0.3 is 0 Å². The van der Waals surface area contributed by atoms with Crippen LogP contribution in [0.3, 0.4) is 0 Å². The summed E-state index contributed by atoms with van der Waals surface area (Å²) in [6.07, 6.45) is 5.45. The number of nitrogens with one attached hydrogen (secondary N) is 1. The van der Waals surface area contributed by atoms with E-state index in [1.165, 1.54) is 6.20 Å². The van der Waals surface area contributed by atoms with Crippen molar-refractivity contribution >= 4 is 5.91 Å². The fourth-order valence-electron chi connectivity index (χ4n) is 1.82. The van der Waals surface area contributed by atoms with Crippen molar-refractivity contribution in [3.05, 3.63) is 42.1 Å². The van der Waals surface area contributed by atoms with Crippen molar-refractivity contribution < 1.29 is 9.18 Å². The molecule has 0 unspecified atom stereocenters. The molecular formula is C12H13FN2O. The van der Waals surface area contributed by atoms with Gasteiger partial charge in [0, 0.05) is 23.9 Å². The fourth-order valence-corrected chi connectivity index (χ4v) is 1.82. The predicted octanol–water partition coefficient (Wildman–Crippen LogP) is 1.66. The van der Waals surface area contributed by atoms with E-state index in [0.717, 1.165) is 0 Å². The lowest BCUT2D eigenvalue weighted by molar-refractivity contribution is -0.125. The topological polar surface area (TPSA) is 42.0 Å². The van der Waals surface area contributed by atoms with Crippen molar-refractivity contribution in [2.45, 2.75) is 13.3 Å². The van der Waals surface area contributed by atoms with E-state index < -0.39 is 5.95 Å². The molecule has 0 aliphatic carbocycles. The molecule has 2 rings (SSSR count). The van der Waals surface area contributed by atoms with E-state index in [1.54, 1.807) is 18.3 Å². The second-order valence-corrected chi connectivity index (χ2v) is 3.98. The highest BCUT2D eigenvalue weighted by Gasteiger charge is 2.25. The first-order valence-electron chi connectivity index (χ1n) is 5.25. The molecule has 1 amide bonds. The van der Waals surface area contributed by atoms with Gasteiger partial charge in [-0.1, -0.05) is 19.1 Å². The highest BCUT2D eigenvalue weighted by molar-refractivity contribution is 5.80. The molecule has 1 aliphatic rings. The molecule has 1 aromatic heterocycles. The van der Waals surface area contributed by atoms with Crippen molar-refractivity contribution in [2.75, 3.05) is 0 Å². The molecule has 1 aliphatic heterocycles.